The fourth-order valence-electron chi connectivity index (χ4n) is 4.31. The SMILES string of the molecule is CCOC(=S)C1=C(c2ccccc2)Oc2ccc3ccccc3c2C1c1ccc(F)cc1. The molecule has 0 saturated heterocycles. The van der Waals surface area contributed by atoms with Crippen LogP contribution in [0.2, 0.25) is 0 Å². The lowest BCUT2D eigenvalue weighted by molar-refractivity contribution is 0.333. The third-order valence-electron chi connectivity index (χ3n) is 5.70. The number of thiocarbonyl (C=S) groups is 1. The summed E-state index contributed by atoms with van der Waals surface area (Å²) < 4.78 is 26.2. The zero-order chi connectivity index (χ0) is 22.1. The van der Waals surface area contributed by atoms with Crippen molar-refractivity contribution in [3.63, 3.8) is 0 Å². The maximum Gasteiger partial charge on any atom is 0.191 e. The summed E-state index contributed by atoms with van der Waals surface area (Å²) in [6.45, 7) is 2.36. The molecule has 0 fully saturated rings. The quantitative estimate of drug-likeness (QED) is 0.311. The molecule has 0 amide bonds. The molecular weight excluding hydrogens is 419 g/mol. The van der Waals surface area contributed by atoms with E-state index < -0.39 is 0 Å². The third kappa shape index (κ3) is 3.57. The molecule has 0 bridgehead atoms. The minimum absolute atomic E-state index is 0.264. The number of hydrogen-bond acceptors (Lipinski definition) is 3. The minimum atomic E-state index is -0.278. The number of benzene rings is 4. The van der Waals surface area contributed by atoms with E-state index in [0.29, 0.717) is 17.4 Å². The predicted octanol–water partition coefficient (Wildman–Crippen LogP) is 7.28. The Labute approximate surface area is 191 Å². The molecule has 1 aliphatic heterocycles. The summed E-state index contributed by atoms with van der Waals surface area (Å²) in [4.78, 5) is 0. The van der Waals surface area contributed by atoms with E-state index in [1.807, 2.05) is 67.6 Å². The van der Waals surface area contributed by atoms with Crippen LogP contribution in [0.4, 0.5) is 4.39 Å². The molecule has 4 aromatic rings. The molecule has 4 aromatic carbocycles. The average Bonchev–Trinajstić information content (AvgIpc) is 2.84. The second kappa shape index (κ2) is 8.56. The van der Waals surface area contributed by atoms with Gasteiger partial charge in [0.25, 0.3) is 0 Å². The Morgan fingerprint density at radius 3 is 2.38 bits per heavy atom. The van der Waals surface area contributed by atoms with Crippen molar-refractivity contribution >= 4 is 33.8 Å². The maximum absolute atomic E-state index is 13.8. The van der Waals surface area contributed by atoms with Gasteiger partial charge in [0.15, 0.2) is 5.05 Å². The second-order valence-corrected chi connectivity index (χ2v) is 7.99. The largest absolute Gasteiger partial charge is 0.483 e. The highest BCUT2D eigenvalue weighted by Crippen LogP contribution is 2.49. The molecule has 32 heavy (non-hydrogen) atoms. The van der Waals surface area contributed by atoms with Crippen LogP contribution in [0.25, 0.3) is 16.5 Å². The molecule has 4 heteroatoms. The van der Waals surface area contributed by atoms with E-state index >= 15 is 0 Å². The van der Waals surface area contributed by atoms with Gasteiger partial charge in [-0.1, -0.05) is 72.8 Å². The van der Waals surface area contributed by atoms with E-state index in [1.165, 1.54) is 12.1 Å². The van der Waals surface area contributed by atoms with Gasteiger partial charge in [-0.25, -0.2) is 4.39 Å². The van der Waals surface area contributed by atoms with Crippen LogP contribution in [-0.2, 0) is 4.74 Å². The van der Waals surface area contributed by atoms with Crippen molar-refractivity contribution in [2.45, 2.75) is 12.8 Å². The van der Waals surface area contributed by atoms with E-state index in [-0.39, 0.29) is 11.7 Å². The Balaban J connectivity index is 1.85. The lowest BCUT2D eigenvalue weighted by Gasteiger charge is -2.32. The van der Waals surface area contributed by atoms with Gasteiger partial charge in [0.1, 0.15) is 17.3 Å². The zero-order valence-electron chi connectivity index (χ0n) is 17.5. The summed E-state index contributed by atoms with van der Waals surface area (Å²) in [6, 6.07) is 28.7. The molecule has 158 valence electrons. The van der Waals surface area contributed by atoms with E-state index in [2.05, 4.69) is 18.2 Å². The molecule has 0 saturated carbocycles. The first kappa shape index (κ1) is 20.4. The average molecular weight is 441 g/mol. The molecule has 1 heterocycles. The number of hydrogen-bond donors (Lipinski definition) is 0. The Morgan fingerprint density at radius 1 is 0.906 bits per heavy atom. The predicted molar refractivity (Wildman–Crippen MR) is 130 cm³/mol. The van der Waals surface area contributed by atoms with Crippen molar-refractivity contribution in [3.05, 3.63) is 119 Å². The molecule has 0 spiro atoms. The molecule has 1 aliphatic rings. The van der Waals surface area contributed by atoms with Crippen molar-refractivity contribution in [1.82, 2.24) is 0 Å². The Kier molecular flexibility index (Phi) is 5.46. The van der Waals surface area contributed by atoms with E-state index in [4.69, 9.17) is 21.7 Å². The fourth-order valence-corrected chi connectivity index (χ4v) is 4.64. The molecule has 0 aromatic heterocycles. The molecule has 0 aliphatic carbocycles. The van der Waals surface area contributed by atoms with Crippen LogP contribution in [-0.4, -0.2) is 11.7 Å². The summed E-state index contributed by atoms with van der Waals surface area (Å²) in [5.74, 6) is 0.890. The molecule has 0 N–H and O–H groups in total. The number of halogens is 1. The first-order chi connectivity index (χ1) is 15.7. The fraction of sp³-hybridized carbons (Fsp3) is 0.107. The van der Waals surface area contributed by atoms with Gasteiger partial charge < -0.3 is 9.47 Å². The highest BCUT2D eigenvalue weighted by atomic mass is 32.1. The number of fused-ring (bicyclic) bond motifs is 3. The van der Waals surface area contributed by atoms with Gasteiger partial charge >= 0.3 is 0 Å². The van der Waals surface area contributed by atoms with Crippen molar-refractivity contribution in [3.8, 4) is 5.75 Å². The monoisotopic (exact) mass is 440 g/mol. The van der Waals surface area contributed by atoms with Gasteiger partial charge in [-0.15, -0.1) is 0 Å². The number of rotatable bonds is 4. The van der Waals surface area contributed by atoms with Crippen LogP contribution in [0.5, 0.6) is 5.75 Å². The Bertz CT molecular complexity index is 1330. The third-order valence-corrected chi connectivity index (χ3v) is 6.04. The van der Waals surface area contributed by atoms with E-state index in [1.54, 1.807) is 0 Å². The molecule has 0 radical (unpaired) electrons. The van der Waals surface area contributed by atoms with Crippen molar-refractivity contribution in [2.75, 3.05) is 6.61 Å². The summed E-state index contributed by atoms with van der Waals surface area (Å²) in [5.41, 5.74) is 3.63. The topological polar surface area (TPSA) is 18.5 Å². The van der Waals surface area contributed by atoms with Crippen LogP contribution >= 0.6 is 12.2 Å². The van der Waals surface area contributed by atoms with Crippen LogP contribution in [0.15, 0.2) is 96.6 Å². The highest BCUT2D eigenvalue weighted by Gasteiger charge is 2.36. The van der Waals surface area contributed by atoms with Crippen LogP contribution in [0, 0.1) is 5.82 Å². The van der Waals surface area contributed by atoms with Crippen molar-refractivity contribution < 1.29 is 13.9 Å². The summed E-state index contributed by atoms with van der Waals surface area (Å²) in [6.07, 6.45) is 0. The lowest BCUT2D eigenvalue weighted by Crippen LogP contribution is -2.23. The lowest BCUT2D eigenvalue weighted by atomic mass is 9.79. The van der Waals surface area contributed by atoms with Gasteiger partial charge in [-0.05, 0) is 53.7 Å². The highest BCUT2D eigenvalue weighted by molar-refractivity contribution is 7.80. The second-order valence-electron chi connectivity index (χ2n) is 7.61. The smallest absolute Gasteiger partial charge is 0.191 e. The summed E-state index contributed by atoms with van der Waals surface area (Å²) in [7, 11) is 0. The van der Waals surface area contributed by atoms with Crippen molar-refractivity contribution in [2.24, 2.45) is 0 Å². The number of ether oxygens (including phenoxy) is 2. The first-order valence-corrected chi connectivity index (χ1v) is 11.0. The molecule has 5 rings (SSSR count). The standard InChI is InChI=1S/C28H21FO2S/c1-2-30-28(32)26-24(19-12-15-21(29)16-13-19)25-22-11-7-6-8-18(22)14-17-23(25)31-27(26)20-9-4-3-5-10-20/h3-17,24H,2H2,1H3. The molecule has 1 unspecified atom stereocenters. The van der Waals surface area contributed by atoms with Gasteiger partial charge in [-0.3, -0.25) is 0 Å². The molecular formula is C28H21FO2S. The van der Waals surface area contributed by atoms with Crippen molar-refractivity contribution in [1.29, 1.82) is 0 Å². The maximum atomic E-state index is 13.8. The van der Waals surface area contributed by atoms with Crippen LogP contribution < -0.4 is 4.74 Å². The van der Waals surface area contributed by atoms with Gasteiger partial charge in [0.05, 0.1) is 12.2 Å². The summed E-state index contributed by atoms with van der Waals surface area (Å²) in [5, 5.41) is 2.56. The molecule has 1 atom stereocenters. The summed E-state index contributed by atoms with van der Waals surface area (Å²) >= 11 is 5.77. The van der Waals surface area contributed by atoms with Crippen LogP contribution in [0.3, 0.4) is 0 Å². The van der Waals surface area contributed by atoms with E-state index in [9.17, 15) is 4.39 Å². The zero-order valence-corrected chi connectivity index (χ0v) is 18.4. The van der Waals surface area contributed by atoms with Crippen LogP contribution in [0.1, 0.15) is 29.5 Å². The normalized spacial score (nSPS) is 15.2. The van der Waals surface area contributed by atoms with E-state index in [0.717, 1.165) is 38.8 Å². The minimum Gasteiger partial charge on any atom is -0.483 e. The Hall–Kier alpha value is -3.50. The first-order valence-electron chi connectivity index (χ1n) is 10.6. The van der Waals surface area contributed by atoms with Gasteiger partial charge in [0.2, 0.25) is 0 Å². The molecule has 2 nitrogen and oxygen atoms in total. The Morgan fingerprint density at radius 2 is 1.62 bits per heavy atom. The van der Waals surface area contributed by atoms with Gasteiger partial charge in [0, 0.05) is 17.0 Å². The van der Waals surface area contributed by atoms with Gasteiger partial charge in [-0.2, -0.15) is 0 Å².